The monoisotopic (exact) mass is 350 g/mol. The fraction of sp³-hybridized carbons (Fsp3) is 0.500. The van der Waals surface area contributed by atoms with Crippen LogP contribution < -0.4 is 5.32 Å². The number of aromatic carboxylic acids is 1. The van der Waals surface area contributed by atoms with E-state index in [2.05, 4.69) is 5.32 Å². The fourth-order valence-electron chi connectivity index (χ4n) is 2.86. The minimum Gasteiger partial charge on any atom is -0.478 e. The standard InChI is InChI=1S/C18H23FN2O4/c1-18(2,3)10-15(22)21-8-4-5-14(21)16(23)20-13-7-6-11(17(24)25)9-12(13)19/h6-7,9,14H,4-5,8,10H2,1-3H3,(H,20,23)(H,24,25). The molecule has 2 rings (SSSR count). The van der Waals surface area contributed by atoms with Gasteiger partial charge < -0.3 is 15.3 Å². The molecule has 7 heteroatoms. The smallest absolute Gasteiger partial charge is 0.335 e. The normalized spacial score (nSPS) is 17.4. The third-order valence-corrected chi connectivity index (χ3v) is 4.03. The first-order chi connectivity index (χ1) is 11.6. The minimum atomic E-state index is -1.24. The van der Waals surface area contributed by atoms with Gasteiger partial charge in [-0.15, -0.1) is 0 Å². The number of nitrogens with zero attached hydrogens (tertiary/aromatic N) is 1. The average Bonchev–Trinajstić information content (AvgIpc) is 2.97. The van der Waals surface area contributed by atoms with Crippen molar-refractivity contribution in [2.24, 2.45) is 5.41 Å². The topological polar surface area (TPSA) is 86.7 Å². The van der Waals surface area contributed by atoms with E-state index in [9.17, 15) is 18.8 Å². The Morgan fingerprint density at radius 2 is 2.00 bits per heavy atom. The van der Waals surface area contributed by atoms with E-state index in [0.717, 1.165) is 6.07 Å². The molecule has 1 aromatic carbocycles. The van der Waals surface area contributed by atoms with Crippen molar-refractivity contribution in [2.75, 3.05) is 11.9 Å². The van der Waals surface area contributed by atoms with Crippen LogP contribution in [-0.2, 0) is 9.59 Å². The summed E-state index contributed by atoms with van der Waals surface area (Å²) < 4.78 is 14.0. The second-order valence-electron chi connectivity index (χ2n) is 7.47. The third kappa shape index (κ3) is 4.78. The molecule has 2 N–H and O–H groups in total. The first-order valence-electron chi connectivity index (χ1n) is 8.22. The minimum absolute atomic E-state index is 0.0909. The zero-order valence-corrected chi connectivity index (χ0v) is 14.6. The van der Waals surface area contributed by atoms with Crippen molar-refractivity contribution in [2.45, 2.75) is 46.1 Å². The molecule has 1 aliphatic heterocycles. The number of carbonyl (C=O) groups is 3. The van der Waals surface area contributed by atoms with Gasteiger partial charge in [0.2, 0.25) is 11.8 Å². The van der Waals surface area contributed by atoms with Crippen LogP contribution in [0.5, 0.6) is 0 Å². The number of hydrogen-bond donors (Lipinski definition) is 2. The molecule has 1 atom stereocenters. The molecule has 0 aromatic heterocycles. The highest BCUT2D eigenvalue weighted by Gasteiger charge is 2.35. The SMILES string of the molecule is CC(C)(C)CC(=O)N1CCCC1C(=O)Nc1ccc(C(=O)O)cc1F. The maximum absolute atomic E-state index is 14.0. The summed E-state index contributed by atoms with van der Waals surface area (Å²) in [6.45, 7) is 6.37. The number of benzene rings is 1. The highest BCUT2D eigenvalue weighted by Crippen LogP contribution is 2.26. The summed E-state index contributed by atoms with van der Waals surface area (Å²) in [4.78, 5) is 37.3. The van der Waals surface area contributed by atoms with Crippen molar-refractivity contribution < 1.29 is 23.9 Å². The summed E-state index contributed by atoms with van der Waals surface area (Å²) in [7, 11) is 0. The van der Waals surface area contributed by atoms with Gasteiger partial charge in [0.1, 0.15) is 11.9 Å². The van der Waals surface area contributed by atoms with Gasteiger partial charge in [0.05, 0.1) is 11.3 Å². The predicted octanol–water partition coefficient (Wildman–Crippen LogP) is 2.89. The molecule has 2 amide bonds. The van der Waals surface area contributed by atoms with E-state index >= 15 is 0 Å². The van der Waals surface area contributed by atoms with Crippen molar-refractivity contribution in [3.63, 3.8) is 0 Å². The van der Waals surface area contributed by atoms with Gasteiger partial charge in [-0.05, 0) is 36.5 Å². The average molecular weight is 350 g/mol. The van der Waals surface area contributed by atoms with Gasteiger partial charge in [0, 0.05) is 13.0 Å². The van der Waals surface area contributed by atoms with E-state index in [0.29, 0.717) is 25.8 Å². The molecule has 0 spiro atoms. The molecular weight excluding hydrogens is 327 g/mol. The van der Waals surface area contributed by atoms with E-state index in [-0.39, 0.29) is 22.6 Å². The molecule has 136 valence electrons. The van der Waals surface area contributed by atoms with Gasteiger partial charge in [-0.2, -0.15) is 0 Å². The number of likely N-dealkylation sites (tertiary alicyclic amines) is 1. The molecule has 1 heterocycles. The van der Waals surface area contributed by atoms with Gasteiger partial charge in [-0.1, -0.05) is 20.8 Å². The van der Waals surface area contributed by atoms with Crippen molar-refractivity contribution in [3.8, 4) is 0 Å². The van der Waals surface area contributed by atoms with E-state index in [1.54, 1.807) is 4.90 Å². The van der Waals surface area contributed by atoms with E-state index in [4.69, 9.17) is 5.11 Å². The van der Waals surface area contributed by atoms with Crippen molar-refractivity contribution in [1.82, 2.24) is 4.90 Å². The molecule has 1 fully saturated rings. The van der Waals surface area contributed by atoms with Crippen LogP contribution in [0.25, 0.3) is 0 Å². The maximum Gasteiger partial charge on any atom is 0.335 e. The van der Waals surface area contributed by atoms with Gasteiger partial charge >= 0.3 is 5.97 Å². The number of amides is 2. The van der Waals surface area contributed by atoms with Crippen molar-refractivity contribution >= 4 is 23.5 Å². The molecular formula is C18H23FN2O4. The highest BCUT2D eigenvalue weighted by molar-refractivity contribution is 5.98. The molecule has 0 saturated carbocycles. The molecule has 6 nitrogen and oxygen atoms in total. The van der Waals surface area contributed by atoms with Gasteiger partial charge in [0.15, 0.2) is 0 Å². The Bertz CT molecular complexity index is 697. The lowest BCUT2D eigenvalue weighted by atomic mass is 9.91. The van der Waals surface area contributed by atoms with Crippen LogP contribution in [0, 0.1) is 11.2 Å². The first kappa shape index (κ1) is 18.9. The summed E-state index contributed by atoms with van der Waals surface area (Å²) in [5.41, 5.74) is -0.470. The van der Waals surface area contributed by atoms with Crippen LogP contribution in [0.1, 0.15) is 50.4 Å². The van der Waals surface area contributed by atoms with Gasteiger partial charge in [-0.25, -0.2) is 9.18 Å². The molecule has 1 aromatic rings. The highest BCUT2D eigenvalue weighted by atomic mass is 19.1. The van der Waals surface area contributed by atoms with E-state index in [1.807, 2.05) is 20.8 Å². The first-order valence-corrected chi connectivity index (χ1v) is 8.22. The van der Waals surface area contributed by atoms with E-state index < -0.39 is 23.7 Å². The molecule has 1 aliphatic rings. The lowest BCUT2D eigenvalue weighted by Gasteiger charge is -2.27. The fourth-order valence-corrected chi connectivity index (χ4v) is 2.86. The van der Waals surface area contributed by atoms with Gasteiger partial charge in [-0.3, -0.25) is 9.59 Å². The van der Waals surface area contributed by atoms with Crippen LogP contribution in [0.3, 0.4) is 0 Å². The predicted molar refractivity (Wildman–Crippen MR) is 90.8 cm³/mol. The number of carboxylic acid groups (broad SMARTS) is 1. The number of carboxylic acids is 1. The Morgan fingerprint density at radius 1 is 1.32 bits per heavy atom. The van der Waals surface area contributed by atoms with Crippen LogP contribution in [-0.4, -0.2) is 40.4 Å². The molecule has 0 aliphatic carbocycles. The second-order valence-corrected chi connectivity index (χ2v) is 7.47. The Balaban J connectivity index is 2.09. The van der Waals surface area contributed by atoms with Crippen LogP contribution >= 0.6 is 0 Å². The Labute approximate surface area is 146 Å². The second kappa shape index (κ2) is 7.21. The molecule has 1 unspecified atom stereocenters. The summed E-state index contributed by atoms with van der Waals surface area (Å²) >= 11 is 0. The summed E-state index contributed by atoms with van der Waals surface area (Å²) in [5, 5.41) is 11.3. The summed E-state index contributed by atoms with van der Waals surface area (Å²) in [6, 6.07) is 2.66. The van der Waals surface area contributed by atoms with Gasteiger partial charge in [0.25, 0.3) is 0 Å². The zero-order valence-electron chi connectivity index (χ0n) is 14.6. The summed E-state index contributed by atoms with van der Waals surface area (Å²) in [5.74, 6) is -2.61. The lowest BCUT2D eigenvalue weighted by Crippen LogP contribution is -2.44. The molecule has 25 heavy (non-hydrogen) atoms. The Morgan fingerprint density at radius 3 is 2.56 bits per heavy atom. The van der Waals surface area contributed by atoms with Crippen LogP contribution in [0.15, 0.2) is 18.2 Å². The Kier molecular flexibility index (Phi) is 5.45. The molecule has 0 bridgehead atoms. The zero-order chi connectivity index (χ0) is 18.8. The number of rotatable bonds is 4. The van der Waals surface area contributed by atoms with E-state index in [1.165, 1.54) is 12.1 Å². The number of nitrogens with one attached hydrogen (secondary N) is 1. The number of hydrogen-bond acceptors (Lipinski definition) is 3. The number of anilines is 1. The number of carbonyl (C=O) groups excluding carboxylic acids is 2. The maximum atomic E-state index is 14.0. The Hall–Kier alpha value is -2.44. The third-order valence-electron chi connectivity index (χ3n) is 4.03. The molecule has 1 saturated heterocycles. The molecule has 0 radical (unpaired) electrons. The largest absolute Gasteiger partial charge is 0.478 e. The summed E-state index contributed by atoms with van der Waals surface area (Å²) in [6.07, 6.45) is 1.57. The number of halogens is 1. The quantitative estimate of drug-likeness (QED) is 0.874. The lowest BCUT2D eigenvalue weighted by molar-refractivity contribution is -0.138. The van der Waals surface area contributed by atoms with Crippen molar-refractivity contribution in [3.05, 3.63) is 29.6 Å². The van der Waals surface area contributed by atoms with Crippen LogP contribution in [0.2, 0.25) is 0 Å². The van der Waals surface area contributed by atoms with Crippen LogP contribution in [0.4, 0.5) is 10.1 Å². The van der Waals surface area contributed by atoms with Crippen molar-refractivity contribution in [1.29, 1.82) is 0 Å².